The summed E-state index contributed by atoms with van der Waals surface area (Å²) < 4.78 is 12.2. The zero-order chi connectivity index (χ0) is 25.6. The molecule has 2 bridgehead atoms. The lowest BCUT2D eigenvalue weighted by Crippen LogP contribution is -2.72. The number of carbonyl (C=O) groups excluding carboxylic acids is 1. The van der Waals surface area contributed by atoms with E-state index in [1.807, 2.05) is 87.2 Å². The molecular weight excluding hydrogens is 494 g/mol. The van der Waals surface area contributed by atoms with Crippen molar-refractivity contribution >= 4 is 46.2 Å². The van der Waals surface area contributed by atoms with E-state index in [1.165, 1.54) is 0 Å². The van der Waals surface area contributed by atoms with E-state index in [0.717, 1.165) is 33.8 Å². The molecule has 6 nitrogen and oxygen atoms in total. The van der Waals surface area contributed by atoms with Gasteiger partial charge in [-0.2, -0.15) is 0 Å². The minimum absolute atomic E-state index is 0.175. The van der Waals surface area contributed by atoms with Gasteiger partial charge in [-0.3, -0.25) is 9.69 Å². The molecule has 2 heterocycles. The van der Waals surface area contributed by atoms with E-state index in [2.05, 4.69) is 10.6 Å². The summed E-state index contributed by atoms with van der Waals surface area (Å²) in [7, 11) is 0. The smallest absolute Gasteiger partial charge is 0.236 e. The molecule has 3 aromatic rings. The number of carbonyl (C=O) groups is 1. The first-order valence-corrected chi connectivity index (χ1v) is 12.7. The lowest BCUT2D eigenvalue weighted by Gasteiger charge is -2.56. The number of rotatable bonds is 5. The van der Waals surface area contributed by atoms with Crippen LogP contribution in [0, 0.1) is 19.8 Å². The van der Waals surface area contributed by atoms with Crippen molar-refractivity contribution < 1.29 is 14.3 Å². The third-order valence-corrected chi connectivity index (χ3v) is 7.32. The van der Waals surface area contributed by atoms with Crippen molar-refractivity contribution in [3.05, 3.63) is 82.4 Å². The van der Waals surface area contributed by atoms with Gasteiger partial charge in [-0.15, -0.1) is 0 Å². The lowest BCUT2D eigenvalue weighted by atomic mass is 9.78. The maximum atomic E-state index is 14.0. The van der Waals surface area contributed by atoms with Crippen LogP contribution in [0.2, 0.25) is 5.02 Å². The highest BCUT2D eigenvalue weighted by Crippen LogP contribution is 2.50. The van der Waals surface area contributed by atoms with Gasteiger partial charge in [-0.1, -0.05) is 29.3 Å². The van der Waals surface area contributed by atoms with Crippen molar-refractivity contribution in [3.63, 3.8) is 0 Å². The molecule has 186 valence electrons. The minimum Gasteiger partial charge on any atom is -0.494 e. The Kier molecular flexibility index (Phi) is 6.30. The number of halogens is 1. The summed E-state index contributed by atoms with van der Waals surface area (Å²) in [5.41, 5.74) is 3.37. The number of nitrogens with one attached hydrogen (secondary N) is 2. The molecular formula is C28H28ClN3O3S. The van der Waals surface area contributed by atoms with E-state index in [4.69, 9.17) is 33.3 Å². The van der Waals surface area contributed by atoms with E-state index < -0.39 is 17.7 Å². The number of thiocarbonyl (C=S) groups is 1. The van der Waals surface area contributed by atoms with Gasteiger partial charge in [-0.25, -0.2) is 0 Å². The molecule has 3 atom stereocenters. The standard InChI is InChI=1S/C28H28ClN3O3S/c1-5-34-20-10-8-19(9-11-20)32-27(36)31-25-21-15-18(29)7-13-23(21)35-28(32,4)24(25)26(33)30-22-12-6-16(2)14-17(22)3/h6-15,24-25H,5H2,1-4H3,(H,30,33)(H,31,36)/t24-,25+,28+/m1/s1. The van der Waals surface area contributed by atoms with Crippen LogP contribution >= 0.6 is 23.8 Å². The molecule has 1 amide bonds. The maximum Gasteiger partial charge on any atom is 0.236 e. The second-order valence-electron chi connectivity index (χ2n) is 9.31. The summed E-state index contributed by atoms with van der Waals surface area (Å²) in [5.74, 6) is 0.593. The molecule has 0 aliphatic carbocycles. The number of hydrogen-bond donors (Lipinski definition) is 2. The van der Waals surface area contributed by atoms with Crippen molar-refractivity contribution in [3.8, 4) is 11.5 Å². The Balaban J connectivity index is 1.59. The first-order chi connectivity index (χ1) is 17.2. The molecule has 0 saturated carbocycles. The van der Waals surface area contributed by atoms with E-state index in [1.54, 1.807) is 6.07 Å². The van der Waals surface area contributed by atoms with Crippen molar-refractivity contribution in [1.82, 2.24) is 5.32 Å². The Bertz CT molecular complexity index is 1350. The number of amides is 1. The van der Waals surface area contributed by atoms with Crippen LogP contribution in [0.3, 0.4) is 0 Å². The van der Waals surface area contributed by atoms with Crippen molar-refractivity contribution in [1.29, 1.82) is 0 Å². The second-order valence-corrected chi connectivity index (χ2v) is 10.1. The van der Waals surface area contributed by atoms with Crippen LogP contribution in [-0.4, -0.2) is 23.4 Å². The van der Waals surface area contributed by atoms with Crippen LogP contribution in [0.5, 0.6) is 11.5 Å². The van der Waals surface area contributed by atoms with Crippen molar-refractivity contribution in [2.75, 3.05) is 16.8 Å². The highest BCUT2D eigenvalue weighted by atomic mass is 35.5. The SMILES string of the molecule is CCOc1ccc(N2C(=S)N[C@H]3c4cc(Cl)ccc4O[C@@]2(C)[C@H]3C(=O)Nc2ccc(C)cc2C)cc1. The van der Waals surface area contributed by atoms with E-state index in [9.17, 15) is 4.79 Å². The fourth-order valence-corrected chi connectivity index (χ4v) is 5.76. The Hall–Kier alpha value is -3.29. The van der Waals surface area contributed by atoms with Crippen molar-refractivity contribution in [2.24, 2.45) is 5.92 Å². The predicted molar refractivity (Wildman–Crippen MR) is 147 cm³/mol. The predicted octanol–water partition coefficient (Wildman–Crippen LogP) is 6.15. The van der Waals surface area contributed by atoms with Gasteiger partial charge in [-0.05, 0) is 94.0 Å². The fraction of sp³-hybridized carbons (Fsp3) is 0.286. The summed E-state index contributed by atoms with van der Waals surface area (Å²) >= 11 is 12.2. The van der Waals surface area contributed by atoms with Gasteiger partial charge in [0.2, 0.25) is 5.91 Å². The number of anilines is 2. The van der Waals surface area contributed by atoms with Gasteiger partial charge in [0.1, 0.15) is 17.4 Å². The largest absolute Gasteiger partial charge is 0.494 e. The van der Waals surface area contributed by atoms with Crippen LogP contribution in [0.4, 0.5) is 11.4 Å². The van der Waals surface area contributed by atoms with Gasteiger partial charge >= 0.3 is 0 Å². The van der Waals surface area contributed by atoms with Gasteiger partial charge < -0.3 is 20.1 Å². The average molecular weight is 522 g/mol. The Morgan fingerprint density at radius 3 is 2.61 bits per heavy atom. The number of benzene rings is 3. The molecule has 2 aliphatic rings. The quantitative estimate of drug-likeness (QED) is 0.392. The lowest BCUT2D eigenvalue weighted by molar-refractivity contribution is -0.130. The zero-order valence-corrected chi connectivity index (χ0v) is 22.2. The van der Waals surface area contributed by atoms with Crippen molar-refractivity contribution in [2.45, 2.75) is 39.5 Å². The fourth-order valence-electron chi connectivity index (χ4n) is 5.17. The molecule has 5 rings (SSSR count). The van der Waals surface area contributed by atoms with Crippen LogP contribution < -0.4 is 25.0 Å². The van der Waals surface area contributed by atoms with E-state index in [-0.39, 0.29) is 5.91 Å². The monoisotopic (exact) mass is 521 g/mol. The number of aryl methyl sites for hydroxylation is 2. The van der Waals surface area contributed by atoms with Gasteiger partial charge in [0.15, 0.2) is 10.8 Å². The van der Waals surface area contributed by atoms with Gasteiger partial charge in [0.05, 0.1) is 12.6 Å². The molecule has 0 spiro atoms. The van der Waals surface area contributed by atoms with Gasteiger partial charge in [0.25, 0.3) is 0 Å². The third-order valence-electron chi connectivity index (χ3n) is 6.79. The molecule has 1 saturated heterocycles. The zero-order valence-electron chi connectivity index (χ0n) is 20.6. The summed E-state index contributed by atoms with van der Waals surface area (Å²) in [6, 6.07) is 18.6. The highest BCUT2D eigenvalue weighted by Gasteiger charge is 2.59. The van der Waals surface area contributed by atoms with E-state index >= 15 is 0 Å². The maximum absolute atomic E-state index is 14.0. The molecule has 0 aromatic heterocycles. The third kappa shape index (κ3) is 4.16. The molecule has 2 N–H and O–H groups in total. The van der Waals surface area contributed by atoms with Crippen LogP contribution in [0.15, 0.2) is 60.7 Å². The average Bonchev–Trinajstić information content (AvgIpc) is 2.82. The van der Waals surface area contributed by atoms with E-state index in [0.29, 0.717) is 22.5 Å². The summed E-state index contributed by atoms with van der Waals surface area (Å²) in [6.45, 7) is 8.44. The Morgan fingerprint density at radius 1 is 1.17 bits per heavy atom. The second kappa shape index (κ2) is 9.30. The number of nitrogens with zero attached hydrogens (tertiary/aromatic N) is 1. The normalized spacial score (nSPS) is 22.2. The highest BCUT2D eigenvalue weighted by molar-refractivity contribution is 7.80. The number of ether oxygens (including phenoxy) is 2. The molecule has 8 heteroatoms. The molecule has 1 fully saturated rings. The van der Waals surface area contributed by atoms with Crippen LogP contribution in [0.25, 0.3) is 0 Å². The molecule has 0 radical (unpaired) electrons. The molecule has 2 aliphatic heterocycles. The summed E-state index contributed by atoms with van der Waals surface area (Å²) in [6.07, 6.45) is 0. The van der Waals surface area contributed by atoms with Gasteiger partial charge in [0, 0.05) is 22.0 Å². The first-order valence-electron chi connectivity index (χ1n) is 11.9. The molecule has 36 heavy (non-hydrogen) atoms. The Morgan fingerprint density at radius 2 is 1.92 bits per heavy atom. The molecule has 0 unspecified atom stereocenters. The Labute approximate surface area is 221 Å². The summed E-state index contributed by atoms with van der Waals surface area (Å²) in [4.78, 5) is 15.9. The van der Waals surface area contributed by atoms with Crippen LogP contribution in [0.1, 0.15) is 36.6 Å². The number of hydrogen-bond acceptors (Lipinski definition) is 4. The minimum atomic E-state index is -1.11. The molecule has 3 aromatic carbocycles. The number of fused-ring (bicyclic) bond motifs is 4. The first kappa shape index (κ1) is 24.4. The topological polar surface area (TPSA) is 62.8 Å². The summed E-state index contributed by atoms with van der Waals surface area (Å²) in [5, 5.41) is 7.58. The van der Waals surface area contributed by atoms with Crippen LogP contribution in [-0.2, 0) is 4.79 Å².